The molecule has 0 atom stereocenters. The topological polar surface area (TPSA) is 85.8 Å². The van der Waals surface area contributed by atoms with Gasteiger partial charge >= 0.3 is 0 Å². The van der Waals surface area contributed by atoms with Crippen LogP contribution in [0.15, 0.2) is 65.7 Å². The molecule has 0 unspecified atom stereocenters. The molecule has 0 radical (unpaired) electrons. The summed E-state index contributed by atoms with van der Waals surface area (Å²) in [5, 5.41) is 6.95. The summed E-state index contributed by atoms with van der Waals surface area (Å²) in [6, 6.07) is 11.1. The zero-order valence-corrected chi connectivity index (χ0v) is 16.5. The van der Waals surface area contributed by atoms with Gasteiger partial charge in [0, 0.05) is 25.5 Å². The van der Waals surface area contributed by atoms with E-state index >= 15 is 0 Å². The maximum absolute atomic E-state index is 13.9. The Bertz CT molecular complexity index is 1170. The first kappa shape index (κ1) is 20.4. The van der Waals surface area contributed by atoms with Gasteiger partial charge in [-0.05, 0) is 23.3 Å². The predicted molar refractivity (Wildman–Crippen MR) is 108 cm³/mol. The molecule has 4 rings (SSSR count). The average Bonchev–Trinajstić information content (AvgIpc) is 3.43. The molecule has 7 nitrogen and oxygen atoms in total. The van der Waals surface area contributed by atoms with Gasteiger partial charge in [-0.3, -0.25) is 4.79 Å². The molecule has 9 heteroatoms. The zero-order valence-electron chi connectivity index (χ0n) is 16.5. The first-order valence-electron chi connectivity index (χ1n) is 9.64. The van der Waals surface area contributed by atoms with Gasteiger partial charge in [0.25, 0.3) is 0 Å². The van der Waals surface area contributed by atoms with E-state index in [4.69, 9.17) is 4.42 Å². The number of amides is 1. The Morgan fingerprint density at radius 3 is 2.81 bits per heavy atom. The van der Waals surface area contributed by atoms with Gasteiger partial charge in [0.1, 0.15) is 24.3 Å². The molecule has 0 saturated heterocycles. The number of halogens is 2. The van der Waals surface area contributed by atoms with E-state index in [2.05, 4.69) is 20.4 Å². The quantitative estimate of drug-likeness (QED) is 0.469. The van der Waals surface area contributed by atoms with E-state index in [0.717, 1.165) is 23.3 Å². The molecule has 0 bridgehead atoms. The van der Waals surface area contributed by atoms with Crippen molar-refractivity contribution in [1.29, 1.82) is 0 Å². The van der Waals surface area contributed by atoms with Crippen molar-refractivity contribution in [3.8, 4) is 11.3 Å². The highest BCUT2D eigenvalue weighted by Crippen LogP contribution is 2.24. The minimum Gasteiger partial charge on any atom is -0.441 e. The molecule has 0 aliphatic heterocycles. The average molecular weight is 423 g/mol. The van der Waals surface area contributed by atoms with Crippen LogP contribution in [-0.2, 0) is 24.3 Å². The second-order valence-electron chi connectivity index (χ2n) is 6.93. The van der Waals surface area contributed by atoms with Crippen molar-refractivity contribution in [3.63, 3.8) is 0 Å². The fraction of sp³-hybridized carbons (Fsp3) is 0.182. The number of rotatable bonds is 8. The highest BCUT2D eigenvalue weighted by atomic mass is 19.1. The number of nitrogens with one attached hydrogen (secondary N) is 1. The molecule has 0 fully saturated rings. The molecule has 0 spiro atoms. The van der Waals surface area contributed by atoms with Crippen molar-refractivity contribution in [2.24, 2.45) is 0 Å². The van der Waals surface area contributed by atoms with Gasteiger partial charge in [0.05, 0.1) is 18.3 Å². The minimum atomic E-state index is -0.730. The Hall–Kier alpha value is -3.88. The molecular formula is C22H19F2N5O2. The molecule has 1 amide bonds. The number of carbonyl (C=O) groups excluding carboxylic acids is 1. The third-order valence-corrected chi connectivity index (χ3v) is 4.61. The molecule has 1 N–H and O–H groups in total. The van der Waals surface area contributed by atoms with Crippen LogP contribution in [0, 0.1) is 11.6 Å². The van der Waals surface area contributed by atoms with Gasteiger partial charge in [0.15, 0.2) is 11.7 Å². The second kappa shape index (κ2) is 9.29. The Kier molecular flexibility index (Phi) is 6.11. The first-order chi connectivity index (χ1) is 15.1. The molecular weight excluding hydrogens is 404 g/mol. The fourth-order valence-corrected chi connectivity index (χ4v) is 3.09. The Balaban J connectivity index is 1.28. The number of oxazole rings is 1. The largest absolute Gasteiger partial charge is 0.441 e. The van der Waals surface area contributed by atoms with Crippen LogP contribution in [0.4, 0.5) is 8.78 Å². The summed E-state index contributed by atoms with van der Waals surface area (Å²) in [6.45, 7) is 0.991. The number of carbonyl (C=O) groups is 1. The monoisotopic (exact) mass is 423 g/mol. The van der Waals surface area contributed by atoms with Crippen molar-refractivity contribution in [2.75, 3.05) is 0 Å². The van der Waals surface area contributed by atoms with Crippen molar-refractivity contribution < 1.29 is 18.0 Å². The van der Waals surface area contributed by atoms with Crippen LogP contribution in [0.2, 0.25) is 0 Å². The van der Waals surface area contributed by atoms with Crippen LogP contribution in [0.25, 0.3) is 11.3 Å². The van der Waals surface area contributed by atoms with Crippen LogP contribution < -0.4 is 5.32 Å². The van der Waals surface area contributed by atoms with E-state index in [0.29, 0.717) is 19.0 Å². The lowest BCUT2D eigenvalue weighted by atomic mass is 10.1. The summed E-state index contributed by atoms with van der Waals surface area (Å²) in [5.41, 5.74) is 2.14. The lowest BCUT2D eigenvalue weighted by molar-refractivity contribution is -0.121. The number of aromatic nitrogens is 4. The van der Waals surface area contributed by atoms with E-state index in [9.17, 15) is 13.6 Å². The normalized spacial score (nSPS) is 10.9. The SMILES string of the molecule is O=C(CCc1ncc(-c2ccc(F)cc2F)o1)NCc1cccc(Cn2cncn2)c1. The summed E-state index contributed by atoms with van der Waals surface area (Å²) < 4.78 is 34.1. The lowest BCUT2D eigenvalue weighted by Gasteiger charge is -2.07. The lowest BCUT2D eigenvalue weighted by Crippen LogP contribution is -2.23. The maximum Gasteiger partial charge on any atom is 0.220 e. The third-order valence-electron chi connectivity index (χ3n) is 4.61. The summed E-state index contributed by atoms with van der Waals surface area (Å²) in [5.74, 6) is -1.05. The molecule has 2 aromatic heterocycles. The molecule has 4 aromatic rings. The van der Waals surface area contributed by atoms with Gasteiger partial charge in [0.2, 0.25) is 5.91 Å². The molecule has 0 aliphatic rings. The molecule has 2 aromatic carbocycles. The van der Waals surface area contributed by atoms with Crippen LogP contribution in [-0.4, -0.2) is 25.7 Å². The number of hydrogen-bond acceptors (Lipinski definition) is 5. The van der Waals surface area contributed by atoms with Crippen LogP contribution in [0.1, 0.15) is 23.4 Å². The summed E-state index contributed by atoms with van der Waals surface area (Å²) in [4.78, 5) is 20.2. The van der Waals surface area contributed by atoms with Gasteiger partial charge in [-0.25, -0.2) is 23.4 Å². The highest BCUT2D eigenvalue weighted by Gasteiger charge is 2.13. The number of aryl methyl sites for hydroxylation is 1. The molecule has 0 aliphatic carbocycles. The molecule has 2 heterocycles. The second-order valence-corrected chi connectivity index (χ2v) is 6.93. The molecule has 31 heavy (non-hydrogen) atoms. The predicted octanol–water partition coefficient (Wildman–Crippen LogP) is 3.51. The Labute approximate surface area is 176 Å². The first-order valence-corrected chi connectivity index (χ1v) is 9.64. The summed E-state index contributed by atoms with van der Waals surface area (Å²) >= 11 is 0. The summed E-state index contributed by atoms with van der Waals surface area (Å²) in [6.07, 6.45) is 4.93. The fourth-order valence-electron chi connectivity index (χ4n) is 3.09. The van der Waals surface area contributed by atoms with Gasteiger partial charge in [-0.15, -0.1) is 0 Å². The Morgan fingerprint density at radius 2 is 2.00 bits per heavy atom. The maximum atomic E-state index is 13.9. The van der Waals surface area contributed by atoms with Crippen molar-refractivity contribution >= 4 is 5.91 Å². The zero-order chi connectivity index (χ0) is 21.6. The van der Waals surface area contributed by atoms with E-state index < -0.39 is 11.6 Å². The van der Waals surface area contributed by atoms with E-state index in [1.54, 1.807) is 11.0 Å². The van der Waals surface area contributed by atoms with E-state index in [1.807, 2.05) is 24.3 Å². The van der Waals surface area contributed by atoms with Crippen molar-refractivity contribution in [2.45, 2.75) is 25.9 Å². The minimum absolute atomic E-state index is 0.121. The highest BCUT2D eigenvalue weighted by molar-refractivity contribution is 5.76. The standard InChI is InChI=1S/C22H19F2N5O2/c23-17-4-5-18(19(24)9-17)20-11-27-22(31-20)7-6-21(30)26-10-15-2-1-3-16(8-15)12-29-14-25-13-28-29/h1-5,8-9,11,13-14H,6-7,10,12H2,(H,26,30). The Morgan fingerprint density at radius 1 is 1.13 bits per heavy atom. The van der Waals surface area contributed by atoms with Crippen LogP contribution in [0.3, 0.4) is 0 Å². The number of nitrogens with zero attached hydrogens (tertiary/aromatic N) is 4. The van der Waals surface area contributed by atoms with Crippen molar-refractivity contribution in [3.05, 3.63) is 90.0 Å². The van der Waals surface area contributed by atoms with Crippen LogP contribution >= 0.6 is 0 Å². The number of hydrogen-bond donors (Lipinski definition) is 1. The number of benzene rings is 2. The van der Waals surface area contributed by atoms with Gasteiger partial charge in [-0.2, -0.15) is 5.10 Å². The smallest absolute Gasteiger partial charge is 0.220 e. The summed E-state index contributed by atoms with van der Waals surface area (Å²) in [7, 11) is 0. The molecule has 158 valence electrons. The van der Waals surface area contributed by atoms with Gasteiger partial charge < -0.3 is 9.73 Å². The molecule has 0 saturated carbocycles. The van der Waals surface area contributed by atoms with Gasteiger partial charge in [-0.1, -0.05) is 24.3 Å². The van der Waals surface area contributed by atoms with Crippen molar-refractivity contribution in [1.82, 2.24) is 25.1 Å². The van der Waals surface area contributed by atoms with E-state index in [-0.39, 0.29) is 30.1 Å². The van der Waals surface area contributed by atoms with Crippen LogP contribution in [0.5, 0.6) is 0 Å². The van der Waals surface area contributed by atoms with E-state index in [1.165, 1.54) is 18.6 Å². The third kappa shape index (κ3) is 5.39.